The van der Waals surface area contributed by atoms with Crippen molar-refractivity contribution in [1.82, 2.24) is 20.1 Å². The summed E-state index contributed by atoms with van der Waals surface area (Å²) in [5.41, 5.74) is 6.96. The molecule has 5 rings (SSSR count). The van der Waals surface area contributed by atoms with Crippen LogP contribution in [0.2, 0.25) is 0 Å². The van der Waals surface area contributed by atoms with Gasteiger partial charge in [0, 0.05) is 23.5 Å². The molecule has 0 saturated carbocycles. The standard InChI is InChI=1S/C26H30N4O3/c1-17-12-19(13-18-6-5-7-20(14-18)32-2)15-23(27-17)24-16-30(10-11-33-24)26(31)25-21-8-3-4-9-22(21)28-29-25/h5-7,12,14-15,24H,3-4,8-11,13,16H2,1-2H3,(H,28,29). The number of rotatable bonds is 5. The number of hydrogen-bond acceptors (Lipinski definition) is 5. The Morgan fingerprint density at radius 3 is 2.97 bits per heavy atom. The normalized spacial score (nSPS) is 18.1. The highest BCUT2D eigenvalue weighted by molar-refractivity contribution is 5.94. The van der Waals surface area contributed by atoms with Gasteiger partial charge >= 0.3 is 0 Å². The fraction of sp³-hybridized carbons (Fsp3) is 0.423. The molecule has 1 unspecified atom stereocenters. The van der Waals surface area contributed by atoms with Crippen LogP contribution in [0.1, 0.15) is 63.2 Å². The van der Waals surface area contributed by atoms with Gasteiger partial charge in [-0.1, -0.05) is 12.1 Å². The lowest BCUT2D eigenvalue weighted by molar-refractivity contribution is -0.0250. The molecule has 0 spiro atoms. The maximum atomic E-state index is 13.3. The van der Waals surface area contributed by atoms with Crippen molar-refractivity contribution in [2.24, 2.45) is 0 Å². The zero-order chi connectivity index (χ0) is 22.8. The second-order valence-electron chi connectivity index (χ2n) is 8.92. The van der Waals surface area contributed by atoms with Crippen LogP contribution in [0.15, 0.2) is 36.4 Å². The molecule has 2 aliphatic rings. The predicted molar refractivity (Wildman–Crippen MR) is 125 cm³/mol. The van der Waals surface area contributed by atoms with Gasteiger partial charge in [0.05, 0.1) is 26.0 Å². The molecule has 33 heavy (non-hydrogen) atoms. The van der Waals surface area contributed by atoms with Gasteiger partial charge < -0.3 is 14.4 Å². The van der Waals surface area contributed by atoms with E-state index >= 15 is 0 Å². The molecule has 0 radical (unpaired) electrons. The number of carbonyl (C=O) groups excluding carboxylic acids is 1. The first-order chi connectivity index (χ1) is 16.1. The highest BCUT2D eigenvalue weighted by Gasteiger charge is 2.31. The molecule has 0 bridgehead atoms. The van der Waals surface area contributed by atoms with Crippen LogP contribution in [0.25, 0.3) is 0 Å². The average molecular weight is 447 g/mol. The SMILES string of the molecule is COc1cccc(Cc2cc(C)nc(C3CN(C(=O)c4n[nH]c5c4CCCC5)CCO3)c2)c1. The van der Waals surface area contributed by atoms with Crippen LogP contribution >= 0.6 is 0 Å². The molecule has 1 atom stereocenters. The average Bonchev–Trinajstić information content (AvgIpc) is 3.27. The van der Waals surface area contributed by atoms with Crippen LogP contribution in [-0.4, -0.2) is 52.8 Å². The smallest absolute Gasteiger partial charge is 0.274 e. The molecule has 1 saturated heterocycles. The van der Waals surface area contributed by atoms with Crippen molar-refractivity contribution in [2.45, 2.75) is 45.1 Å². The van der Waals surface area contributed by atoms with Crippen molar-refractivity contribution in [3.05, 3.63) is 75.9 Å². The number of amides is 1. The summed E-state index contributed by atoms with van der Waals surface area (Å²) in [5.74, 6) is 0.843. The highest BCUT2D eigenvalue weighted by atomic mass is 16.5. The minimum Gasteiger partial charge on any atom is -0.497 e. The topological polar surface area (TPSA) is 80.3 Å². The van der Waals surface area contributed by atoms with E-state index in [2.05, 4.69) is 34.5 Å². The Morgan fingerprint density at radius 2 is 2.09 bits per heavy atom. The number of aromatic amines is 1. The molecule has 1 aromatic carbocycles. The number of nitrogens with zero attached hydrogens (tertiary/aromatic N) is 3. The molecule has 3 heterocycles. The lowest BCUT2D eigenvalue weighted by atomic mass is 9.95. The summed E-state index contributed by atoms with van der Waals surface area (Å²) >= 11 is 0. The number of hydrogen-bond donors (Lipinski definition) is 1. The van der Waals surface area contributed by atoms with Gasteiger partial charge in [0.25, 0.3) is 5.91 Å². The van der Waals surface area contributed by atoms with Gasteiger partial charge in [-0.3, -0.25) is 14.9 Å². The number of H-pyrrole nitrogens is 1. The van der Waals surface area contributed by atoms with E-state index in [4.69, 9.17) is 14.5 Å². The van der Waals surface area contributed by atoms with E-state index < -0.39 is 0 Å². The Hall–Kier alpha value is -3.19. The second kappa shape index (κ2) is 9.35. The fourth-order valence-corrected chi connectivity index (χ4v) is 4.87. The summed E-state index contributed by atoms with van der Waals surface area (Å²) in [7, 11) is 1.68. The zero-order valence-electron chi connectivity index (χ0n) is 19.3. The van der Waals surface area contributed by atoms with Gasteiger partial charge in [-0.05, 0) is 74.4 Å². The number of benzene rings is 1. The number of pyridine rings is 1. The Kier molecular flexibility index (Phi) is 6.13. The predicted octanol–water partition coefficient (Wildman–Crippen LogP) is 3.81. The van der Waals surface area contributed by atoms with Crippen LogP contribution < -0.4 is 4.74 Å². The summed E-state index contributed by atoms with van der Waals surface area (Å²) in [6, 6.07) is 12.3. The van der Waals surface area contributed by atoms with E-state index in [1.165, 1.54) is 11.1 Å². The number of aromatic nitrogens is 3. The molecule has 172 valence electrons. The number of nitrogens with one attached hydrogen (secondary N) is 1. The molecule has 3 aromatic rings. The Bertz CT molecular complexity index is 1160. The van der Waals surface area contributed by atoms with Crippen molar-refractivity contribution >= 4 is 5.91 Å². The van der Waals surface area contributed by atoms with E-state index in [-0.39, 0.29) is 12.0 Å². The van der Waals surface area contributed by atoms with Gasteiger partial charge in [0.15, 0.2) is 5.69 Å². The Morgan fingerprint density at radius 1 is 1.21 bits per heavy atom. The van der Waals surface area contributed by atoms with Gasteiger partial charge in [-0.2, -0.15) is 5.10 Å². The van der Waals surface area contributed by atoms with E-state index in [0.29, 0.717) is 25.4 Å². The van der Waals surface area contributed by atoms with Gasteiger partial charge in [0.1, 0.15) is 11.9 Å². The molecule has 1 aliphatic carbocycles. The number of aryl methyl sites for hydroxylation is 2. The first kappa shape index (κ1) is 21.6. The summed E-state index contributed by atoms with van der Waals surface area (Å²) in [6.45, 7) is 3.54. The molecular weight excluding hydrogens is 416 g/mol. The third-order valence-corrected chi connectivity index (χ3v) is 6.52. The van der Waals surface area contributed by atoms with Gasteiger partial charge in [-0.25, -0.2) is 0 Å². The van der Waals surface area contributed by atoms with E-state index in [1.54, 1.807) is 7.11 Å². The van der Waals surface area contributed by atoms with Crippen molar-refractivity contribution in [1.29, 1.82) is 0 Å². The number of methoxy groups -OCH3 is 1. The summed E-state index contributed by atoms with van der Waals surface area (Å²) in [6.07, 6.45) is 4.70. The molecule has 1 fully saturated rings. The molecule has 1 amide bonds. The number of ether oxygens (including phenoxy) is 2. The van der Waals surface area contributed by atoms with Crippen LogP contribution in [-0.2, 0) is 24.0 Å². The van der Waals surface area contributed by atoms with Crippen LogP contribution in [0, 0.1) is 6.92 Å². The fourth-order valence-electron chi connectivity index (χ4n) is 4.87. The number of carbonyl (C=O) groups is 1. The zero-order valence-corrected chi connectivity index (χ0v) is 19.3. The molecule has 1 aliphatic heterocycles. The van der Waals surface area contributed by atoms with E-state index in [9.17, 15) is 4.79 Å². The van der Waals surface area contributed by atoms with Crippen LogP contribution in [0.3, 0.4) is 0 Å². The van der Waals surface area contributed by atoms with Crippen molar-refractivity contribution < 1.29 is 14.3 Å². The third kappa shape index (κ3) is 4.64. The maximum absolute atomic E-state index is 13.3. The molecule has 1 N–H and O–H groups in total. The summed E-state index contributed by atoms with van der Waals surface area (Å²) in [5, 5.41) is 7.46. The monoisotopic (exact) mass is 446 g/mol. The lowest BCUT2D eigenvalue weighted by Gasteiger charge is -2.32. The Labute approximate surface area is 194 Å². The first-order valence-electron chi connectivity index (χ1n) is 11.7. The highest BCUT2D eigenvalue weighted by Crippen LogP contribution is 2.27. The minimum absolute atomic E-state index is 0.00745. The molecule has 7 nitrogen and oxygen atoms in total. The Balaban J connectivity index is 1.34. The second-order valence-corrected chi connectivity index (χ2v) is 8.92. The van der Waals surface area contributed by atoms with Crippen LogP contribution in [0.5, 0.6) is 5.75 Å². The molecule has 7 heteroatoms. The lowest BCUT2D eigenvalue weighted by Crippen LogP contribution is -2.43. The number of morpholine rings is 1. The van der Waals surface area contributed by atoms with Gasteiger partial charge in [0.2, 0.25) is 0 Å². The largest absolute Gasteiger partial charge is 0.497 e. The first-order valence-corrected chi connectivity index (χ1v) is 11.7. The third-order valence-electron chi connectivity index (χ3n) is 6.52. The minimum atomic E-state index is -0.249. The van der Waals surface area contributed by atoms with Gasteiger partial charge in [-0.15, -0.1) is 0 Å². The van der Waals surface area contributed by atoms with Crippen molar-refractivity contribution in [3.63, 3.8) is 0 Å². The quantitative estimate of drug-likeness (QED) is 0.645. The maximum Gasteiger partial charge on any atom is 0.274 e. The summed E-state index contributed by atoms with van der Waals surface area (Å²) < 4.78 is 11.4. The van der Waals surface area contributed by atoms with Crippen molar-refractivity contribution in [2.75, 3.05) is 26.8 Å². The summed E-state index contributed by atoms with van der Waals surface area (Å²) in [4.78, 5) is 19.9. The van der Waals surface area contributed by atoms with E-state index in [1.807, 2.05) is 24.0 Å². The molecule has 2 aromatic heterocycles. The number of fused-ring (bicyclic) bond motifs is 1. The van der Waals surface area contributed by atoms with E-state index in [0.717, 1.165) is 60.5 Å². The molecular formula is C26H30N4O3. The van der Waals surface area contributed by atoms with Crippen LogP contribution in [0.4, 0.5) is 0 Å². The van der Waals surface area contributed by atoms with Crippen molar-refractivity contribution in [3.8, 4) is 5.75 Å².